The molecule has 0 radical (unpaired) electrons. The van der Waals surface area contributed by atoms with Gasteiger partial charge >= 0.3 is 0 Å². The molecule has 1 heterocycles. The molecule has 2 aromatic rings. The molecule has 0 spiro atoms. The number of ether oxygens (including phenoxy) is 2. The highest BCUT2D eigenvalue weighted by Gasteiger charge is 2.27. The first-order valence-corrected chi connectivity index (χ1v) is 8.94. The number of methoxy groups -OCH3 is 1. The quantitative estimate of drug-likeness (QED) is 0.799. The van der Waals surface area contributed by atoms with Crippen LogP contribution >= 0.6 is 0 Å². The lowest BCUT2D eigenvalue weighted by Gasteiger charge is -2.27. The van der Waals surface area contributed by atoms with Gasteiger partial charge in [0.15, 0.2) is 0 Å². The van der Waals surface area contributed by atoms with Gasteiger partial charge in [-0.3, -0.25) is 4.90 Å². The third kappa shape index (κ3) is 4.82. The van der Waals surface area contributed by atoms with Crippen LogP contribution in [0.1, 0.15) is 30.0 Å². The Labute approximate surface area is 150 Å². The van der Waals surface area contributed by atoms with Crippen LogP contribution in [-0.2, 0) is 11.3 Å². The van der Waals surface area contributed by atoms with Crippen molar-refractivity contribution in [1.29, 1.82) is 0 Å². The highest BCUT2D eigenvalue weighted by Crippen LogP contribution is 2.31. The molecule has 134 valence electrons. The molecular formula is C21H27NO3. The summed E-state index contributed by atoms with van der Waals surface area (Å²) in [6.07, 6.45) is 1.84. The summed E-state index contributed by atoms with van der Waals surface area (Å²) in [6, 6.07) is 18.8. The summed E-state index contributed by atoms with van der Waals surface area (Å²) in [6.45, 7) is 2.45. The molecule has 0 amide bonds. The van der Waals surface area contributed by atoms with Gasteiger partial charge in [-0.25, -0.2) is 0 Å². The summed E-state index contributed by atoms with van der Waals surface area (Å²) in [5.41, 5.74) is 2.34. The molecule has 0 aliphatic carbocycles. The smallest absolute Gasteiger partial charge is 0.124 e. The number of aliphatic hydroxyl groups excluding tert-OH is 1. The van der Waals surface area contributed by atoms with Gasteiger partial charge in [-0.1, -0.05) is 48.5 Å². The van der Waals surface area contributed by atoms with Gasteiger partial charge in [-0.2, -0.15) is 0 Å². The zero-order valence-electron chi connectivity index (χ0n) is 14.8. The molecule has 1 aliphatic rings. The van der Waals surface area contributed by atoms with Crippen molar-refractivity contribution in [2.45, 2.75) is 31.6 Å². The average molecular weight is 341 g/mol. The number of para-hydroxylation sites is 1. The standard InChI is InChI=1S/C21H27NO3/c1-24-21-12-6-5-10-18(21)15-25-16-19(23)14-22-13-7-11-20(22)17-8-3-2-4-9-17/h2-6,8-10,12,19-20,23H,7,11,13-16H2,1H3/t19-,20-/m1/s1. The van der Waals surface area contributed by atoms with E-state index in [9.17, 15) is 5.11 Å². The van der Waals surface area contributed by atoms with Crippen LogP contribution in [0, 0.1) is 0 Å². The van der Waals surface area contributed by atoms with Gasteiger partial charge < -0.3 is 14.6 Å². The first kappa shape index (κ1) is 17.9. The van der Waals surface area contributed by atoms with Crippen molar-refractivity contribution >= 4 is 0 Å². The predicted octanol–water partition coefficient (Wildman–Crippen LogP) is 3.41. The van der Waals surface area contributed by atoms with Crippen molar-refractivity contribution < 1.29 is 14.6 Å². The Hall–Kier alpha value is -1.88. The molecule has 3 rings (SSSR count). The Bertz CT molecular complexity index is 647. The summed E-state index contributed by atoms with van der Waals surface area (Å²) in [5.74, 6) is 0.820. The largest absolute Gasteiger partial charge is 0.496 e. The van der Waals surface area contributed by atoms with E-state index in [4.69, 9.17) is 9.47 Å². The van der Waals surface area contributed by atoms with E-state index in [0.29, 0.717) is 25.8 Å². The van der Waals surface area contributed by atoms with E-state index in [2.05, 4.69) is 29.2 Å². The van der Waals surface area contributed by atoms with Crippen molar-refractivity contribution in [3.8, 4) is 5.75 Å². The maximum atomic E-state index is 10.4. The van der Waals surface area contributed by atoms with E-state index >= 15 is 0 Å². The molecule has 0 saturated carbocycles. The molecule has 25 heavy (non-hydrogen) atoms. The van der Waals surface area contributed by atoms with Gasteiger partial charge in [0.25, 0.3) is 0 Å². The van der Waals surface area contributed by atoms with Gasteiger partial charge in [0.2, 0.25) is 0 Å². The SMILES string of the molecule is COc1ccccc1COC[C@H](O)CN1CCC[C@@H]1c1ccccc1. The maximum absolute atomic E-state index is 10.4. The third-order valence-electron chi connectivity index (χ3n) is 4.75. The first-order valence-electron chi connectivity index (χ1n) is 8.94. The molecule has 1 N–H and O–H groups in total. The fourth-order valence-electron chi connectivity index (χ4n) is 3.55. The second-order valence-electron chi connectivity index (χ2n) is 6.54. The zero-order valence-corrected chi connectivity index (χ0v) is 14.8. The lowest BCUT2D eigenvalue weighted by atomic mass is 10.0. The second-order valence-corrected chi connectivity index (χ2v) is 6.54. The van der Waals surface area contributed by atoms with Crippen LogP contribution in [0.5, 0.6) is 5.75 Å². The molecule has 2 aromatic carbocycles. The molecule has 0 aromatic heterocycles. The number of hydrogen-bond donors (Lipinski definition) is 1. The first-order chi connectivity index (χ1) is 12.3. The number of benzene rings is 2. The van der Waals surface area contributed by atoms with Crippen LogP contribution in [-0.4, -0.2) is 42.9 Å². The molecule has 2 atom stereocenters. The van der Waals surface area contributed by atoms with E-state index in [1.807, 2.05) is 30.3 Å². The molecule has 1 fully saturated rings. The van der Waals surface area contributed by atoms with Crippen LogP contribution in [0.4, 0.5) is 0 Å². The lowest BCUT2D eigenvalue weighted by molar-refractivity contribution is 0.00725. The fraction of sp³-hybridized carbons (Fsp3) is 0.429. The summed E-state index contributed by atoms with van der Waals surface area (Å²) < 4.78 is 11.0. The molecule has 4 heteroatoms. The van der Waals surface area contributed by atoms with Crippen molar-refractivity contribution in [1.82, 2.24) is 4.90 Å². The molecule has 1 saturated heterocycles. The Morgan fingerprint density at radius 2 is 1.88 bits per heavy atom. The number of β-amino-alcohol motifs (C(OH)–C–C–N with tert-alkyl or cyclic N) is 1. The number of rotatable bonds is 8. The Morgan fingerprint density at radius 3 is 2.68 bits per heavy atom. The zero-order chi connectivity index (χ0) is 17.5. The van der Waals surface area contributed by atoms with Crippen LogP contribution in [0.2, 0.25) is 0 Å². The summed E-state index contributed by atoms with van der Waals surface area (Å²) in [5, 5.41) is 10.4. The van der Waals surface area contributed by atoms with E-state index in [1.165, 1.54) is 12.0 Å². The number of hydrogen-bond acceptors (Lipinski definition) is 4. The summed E-state index contributed by atoms with van der Waals surface area (Å²) >= 11 is 0. The molecule has 4 nitrogen and oxygen atoms in total. The van der Waals surface area contributed by atoms with Gasteiger partial charge in [0.05, 0.1) is 26.4 Å². The fourth-order valence-corrected chi connectivity index (χ4v) is 3.55. The van der Waals surface area contributed by atoms with Crippen molar-refractivity contribution in [2.75, 3.05) is 26.8 Å². The average Bonchev–Trinajstić information content (AvgIpc) is 3.11. The Balaban J connectivity index is 1.48. The predicted molar refractivity (Wildman–Crippen MR) is 98.6 cm³/mol. The maximum Gasteiger partial charge on any atom is 0.124 e. The van der Waals surface area contributed by atoms with Crippen molar-refractivity contribution in [2.24, 2.45) is 0 Å². The number of aliphatic hydroxyl groups is 1. The lowest BCUT2D eigenvalue weighted by Crippen LogP contribution is -2.34. The van der Waals surface area contributed by atoms with E-state index in [0.717, 1.165) is 24.3 Å². The normalized spacial score (nSPS) is 19.0. The number of nitrogens with zero attached hydrogens (tertiary/aromatic N) is 1. The molecule has 0 bridgehead atoms. The summed E-state index contributed by atoms with van der Waals surface area (Å²) in [4.78, 5) is 2.37. The monoisotopic (exact) mass is 341 g/mol. The molecular weight excluding hydrogens is 314 g/mol. The van der Waals surface area contributed by atoms with Crippen LogP contribution < -0.4 is 4.74 Å². The minimum Gasteiger partial charge on any atom is -0.496 e. The van der Waals surface area contributed by atoms with Crippen molar-refractivity contribution in [3.05, 3.63) is 65.7 Å². The summed E-state index contributed by atoms with van der Waals surface area (Å²) in [7, 11) is 1.66. The van der Waals surface area contributed by atoms with Gasteiger partial charge in [-0.15, -0.1) is 0 Å². The van der Waals surface area contributed by atoms with Gasteiger partial charge in [-0.05, 0) is 31.0 Å². The Kier molecular flexibility index (Phi) is 6.45. The third-order valence-corrected chi connectivity index (χ3v) is 4.75. The minimum absolute atomic E-state index is 0.329. The molecule has 1 aliphatic heterocycles. The van der Waals surface area contributed by atoms with Gasteiger partial charge in [0.1, 0.15) is 5.75 Å². The molecule has 0 unspecified atom stereocenters. The second kappa shape index (κ2) is 8.99. The van der Waals surface area contributed by atoms with Crippen LogP contribution in [0.25, 0.3) is 0 Å². The van der Waals surface area contributed by atoms with E-state index in [-0.39, 0.29) is 0 Å². The highest BCUT2D eigenvalue weighted by molar-refractivity contribution is 5.32. The minimum atomic E-state index is -0.487. The van der Waals surface area contributed by atoms with E-state index < -0.39 is 6.10 Å². The van der Waals surface area contributed by atoms with Crippen LogP contribution in [0.15, 0.2) is 54.6 Å². The van der Waals surface area contributed by atoms with Crippen molar-refractivity contribution in [3.63, 3.8) is 0 Å². The topological polar surface area (TPSA) is 41.9 Å². The highest BCUT2D eigenvalue weighted by atomic mass is 16.5. The Morgan fingerprint density at radius 1 is 1.12 bits per heavy atom. The van der Waals surface area contributed by atoms with Crippen LogP contribution in [0.3, 0.4) is 0 Å². The van der Waals surface area contributed by atoms with Gasteiger partial charge in [0, 0.05) is 18.2 Å². The van der Waals surface area contributed by atoms with E-state index in [1.54, 1.807) is 7.11 Å². The number of likely N-dealkylation sites (tertiary alicyclic amines) is 1.